The van der Waals surface area contributed by atoms with E-state index in [4.69, 9.17) is 15.9 Å². The Morgan fingerprint density at radius 1 is 0.796 bits per heavy atom. The zero-order valence-electron chi connectivity index (χ0n) is 26.4. The van der Waals surface area contributed by atoms with Crippen molar-refractivity contribution < 1.29 is 39.2 Å². The summed E-state index contributed by atoms with van der Waals surface area (Å²) in [5, 5.41) is 38.8. The normalized spacial score (nSPS) is 11.7. The molecular weight excluding hydrogens is 638 g/mol. The summed E-state index contributed by atoms with van der Waals surface area (Å²) in [6.07, 6.45) is 0.213. The lowest BCUT2D eigenvalue weighted by molar-refractivity contribution is -0.485. The van der Waals surface area contributed by atoms with Crippen LogP contribution in [0.25, 0.3) is 0 Å². The van der Waals surface area contributed by atoms with Gasteiger partial charge >= 0.3 is 11.9 Å². The van der Waals surface area contributed by atoms with E-state index in [0.717, 1.165) is 16.0 Å². The second kappa shape index (κ2) is 18.7. The number of carbonyl (C=O) groups excluding carboxylic acids is 3. The molecule has 0 aromatic heterocycles. The number of carboxylic acids is 2. The van der Waals surface area contributed by atoms with Gasteiger partial charge in [0, 0.05) is 13.1 Å². The van der Waals surface area contributed by atoms with Gasteiger partial charge in [0.2, 0.25) is 17.7 Å². The number of aliphatic carboxylic acids is 2. The summed E-state index contributed by atoms with van der Waals surface area (Å²) in [5.74, 6) is -5.36. The lowest BCUT2D eigenvalue weighted by Gasteiger charge is -2.23. The Labute approximate surface area is 281 Å². The fourth-order valence-electron chi connectivity index (χ4n) is 4.89. The topological polar surface area (TPSA) is 247 Å². The molecule has 0 unspecified atom stereocenters. The molecule has 0 spiro atoms. The SMILES string of the molecule is NC(=N[N+](=O)[O-])NCCC[C@@H](NC(=O)C(c1ccccc1)c1ccccc1)C(=O)NCc1ccc(CC(=O)N(CC(=O)O)CC(=O)O)cc1. The Balaban J connectivity index is 1.71. The molecule has 3 aromatic carbocycles. The van der Waals surface area contributed by atoms with Crippen molar-refractivity contribution in [3.63, 3.8) is 0 Å². The first-order valence-electron chi connectivity index (χ1n) is 15.1. The van der Waals surface area contributed by atoms with Crippen molar-refractivity contribution in [3.05, 3.63) is 117 Å². The molecule has 0 bridgehead atoms. The molecule has 0 heterocycles. The molecule has 0 aliphatic carbocycles. The monoisotopic (exact) mass is 675 g/mol. The maximum absolute atomic E-state index is 13.8. The van der Waals surface area contributed by atoms with E-state index in [-0.39, 0.29) is 32.4 Å². The number of rotatable bonds is 18. The number of guanidine groups is 1. The third-order valence-corrected chi connectivity index (χ3v) is 7.18. The molecule has 258 valence electrons. The van der Waals surface area contributed by atoms with E-state index < -0.39 is 65.7 Å². The number of nitrogens with two attached hydrogens (primary N) is 1. The summed E-state index contributed by atoms with van der Waals surface area (Å²) in [6.45, 7) is -1.30. The fourth-order valence-corrected chi connectivity index (χ4v) is 4.89. The van der Waals surface area contributed by atoms with Crippen molar-refractivity contribution in [2.75, 3.05) is 19.6 Å². The highest BCUT2D eigenvalue weighted by Gasteiger charge is 2.28. The maximum Gasteiger partial charge on any atom is 0.323 e. The van der Waals surface area contributed by atoms with Gasteiger partial charge in [-0.3, -0.25) is 24.0 Å². The number of carboxylic acid groups (broad SMARTS) is 2. The van der Waals surface area contributed by atoms with Crippen LogP contribution in [0.5, 0.6) is 0 Å². The van der Waals surface area contributed by atoms with Gasteiger partial charge in [-0.25, -0.2) is 10.1 Å². The lowest BCUT2D eigenvalue weighted by Crippen LogP contribution is -2.48. The first kappa shape index (κ1) is 37.1. The van der Waals surface area contributed by atoms with E-state index >= 15 is 0 Å². The van der Waals surface area contributed by atoms with Crippen LogP contribution in [0, 0.1) is 10.1 Å². The minimum absolute atomic E-state index is 0.0606. The highest BCUT2D eigenvalue weighted by Crippen LogP contribution is 2.25. The highest BCUT2D eigenvalue weighted by molar-refractivity contribution is 5.92. The predicted octanol–water partition coefficient (Wildman–Crippen LogP) is 1.04. The van der Waals surface area contributed by atoms with Gasteiger partial charge in [-0.1, -0.05) is 84.9 Å². The molecule has 0 aliphatic heterocycles. The Morgan fingerprint density at radius 2 is 1.33 bits per heavy atom. The standard InChI is InChI=1S/C33H37N7O9/c34-33(38-40(48)49)35-17-7-12-26(37-32(47)30(24-8-3-1-4-9-24)25-10-5-2-6-11-25)31(46)36-19-23-15-13-22(14-16-23)18-27(41)39(20-28(42)43)21-29(44)45/h1-6,8-11,13-16,26,30H,7,12,17-21H2,(H,36,46)(H,37,47)(H,42,43)(H,44,45)(H3,34,35,38)/t26-/m1/s1. The first-order valence-corrected chi connectivity index (χ1v) is 15.1. The summed E-state index contributed by atoms with van der Waals surface area (Å²) in [7, 11) is 0. The highest BCUT2D eigenvalue weighted by atomic mass is 16.7. The van der Waals surface area contributed by atoms with Crippen molar-refractivity contribution in [2.45, 2.75) is 37.8 Å². The third-order valence-electron chi connectivity index (χ3n) is 7.18. The number of nitrogens with one attached hydrogen (secondary N) is 3. The van der Waals surface area contributed by atoms with Gasteiger partial charge in [0.15, 0.2) is 5.03 Å². The molecule has 0 radical (unpaired) electrons. The van der Waals surface area contributed by atoms with Crippen LogP contribution in [-0.2, 0) is 36.9 Å². The van der Waals surface area contributed by atoms with Gasteiger partial charge in [0.05, 0.1) is 12.3 Å². The number of nitro groups is 1. The van der Waals surface area contributed by atoms with Crippen LogP contribution in [0.4, 0.5) is 0 Å². The van der Waals surface area contributed by atoms with Crippen LogP contribution in [0.15, 0.2) is 90.0 Å². The summed E-state index contributed by atoms with van der Waals surface area (Å²) in [6, 6.07) is 23.7. The fraction of sp³-hybridized carbons (Fsp3) is 0.273. The Morgan fingerprint density at radius 3 is 1.84 bits per heavy atom. The van der Waals surface area contributed by atoms with Crippen molar-refractivity contribution in [1.82, 2.24) is 20.9 Å². The molecule has 16 nitrogen and oxygen atoms in total. The number of carbonyl (C=O) groups is 5. The average molecular weight is 676 g/mol. The van der Waals surface area contributed by atoms with Crippen LogP contribution in [0.3, 0.4) is 0 Å². The number of amides is 3. The molecule has 7 N–H and O–H groups in total. The Hall–Kier alpha value is -6.32. The molecule has 3 aromatic rings. The largest absolute Gasteiger partial charge is 0.480 e. The quantitative estimate of drug-likeness (QED) is 0.0365. The molecule has 49 heavy (non-hydrogen) atoms. The van der Waals surface area contributed by atoms with Crippen molar-refractivity contribution in [3.8, 4) is 0 Å². The number of hydrogen-bond acceptors (Lipinski definition) is 7. The molecule has 0 fully saturated rings. The van der Waals surface area contributed by atoms with E-state index in [1.165, 1.54) is 0 Å². The molecule has 3 amide bonds. The van der Waals surface area contributed by atoms with Gasteiger partial charge in [-0.2, -0.15) is 0 Å². The Kier molecular flexibility index (Phi) is 14.2. The zero-order chi connectivity index (χ0) is 35.8. The lowest BCUT2D eigenvalue weighted by atomic mass is 9.90. The van der Waals surface area contributed by atoms with E-state index in [0.29, 0.717) is 11.1 Å². The average Bonchev–Trinajstić information content (AvgIpc) is 3.05. The second-order valence-electron chi connectivity index (χ2n) is 10.9. The molecular formula is C33H37N7O9. The number of nitrogens with zero attached hydrogens (tertiary/aromatic N) is 3. The molecule has 0 saturated carbocycles. The number of hydrazone groups is 1. The summed E-state index contributed by atoms with van der Waals surface area (Å²) < 4.78 is 0. The van der Waals surface area contributed by atoms with Crippen LogP contribution in [-0.4, -0.2) is 81.4 Å². The van der Waals surface area contributed by atoms with Crippen molar-refractivity contribution >= 4 is 35.6 Å². The molecule has 0 aliphatic rings. The Bertz CT molecular complexity index is 1580. The van der Waals surface area contributed by atoms with Gasteiger partial charge in [0.25, 0.3) is 5.96 Å². The summed E-state index contributed by atoms with van der Waals surface area (Å²) in [4.78, 5) is 73.1. The minimum atomic E-state index is -1.34. The summed E-state index contributed by atoms with van der Waals surface area (Å²) in [5.41, 5.74) is 8.09. The maximum atomic E-state index is 13.8. The minimum Gasteiger partial charge on any atom is -0.480 e. The molecule has 3 rings (SSSR count). The zero-order valence-corrected chi connectivity index (χ0v) is 26.4. The number of hydrogen-bond donors (Lipinski definition) is 6. The van der Waals surface area contributed by atoms with Crippen molar-refractivity contribution in [2.24, 2.45) is 10.8 Å². The molecule has 0 saturated heterocycles. The predicted molar refractivity (Wildman–Crippen MR) is 176 cm³/mol. The van der Waals surface area contributed by atoms with E-state index in [2.05, 4.69) is 21.1 Å². The van der Waals surface area contributed by atoms with E-state index in [1.807, 2.05) is 60.7 Å². The van der Waals surface area contributed by atoms with Crippen molar-refractivity contribution in [1.29, 1.82) is 0 Å². The molecule has 1 atom stereocenters. The van der Waals surface area contributed by atoms with E-state index in [9.17, 15) is 34.1 Å². The third kappa shape index (κ3) is 12.8. The van der Waals surface area contributed by atoms with Gasteiger partial charge in [0.1, 0.15) is 24.2 Å². The van der Waals surface area contributed by atoms with Crippen LogP contribution >= 0.6 is 0 Å². The van der Waals surface area contributed by atoms with Gasteiger partial charge in [-0.05, 0) is 35.1 Å². The van der Waals surface area contributed by atoms with Gasteiger partial charge < -0.3 is 36.8 Å². The number of benzene rings is 3. The summed E-state index contributed by atoms with van der Waals surface area (Å²) >= 11 is 0. The van der Waals surface area contributed by atoms with Crippen LogP contribution in [0.2, 0.25) is 0 Å². The van der Waals surface area contributed by atoms with Gasteiger partial charge in [-0.15, -0.1) is 0 Å². The second-order valence-corrected chi connectivity index (χ2v) is 10.9. The van der Waals surface area contributed by atoms with Crippen LogP contribution in [0.1, 0.15) is 41.0 Å². The first-order chi connectivity index (χ1) is 23.4. The van der Waals surface area contributed by atoms with Crippen LogP contribution < -0.4 is 21.7 Å². The van der Waals surface area contributed by atoms with E-state index in [1.54, 1.807) is 24.3 Å². The molecule has 16 heteroatoms. The smallest absolute Gasteiger partial charge is 0.323 e.